The fourth-order valence-corrected chi connectivity index (χ4v) is 1.72. The molecule has 0 aliphatic rings. The summed E-state index contributed by atoms with van der Waals surface area (Å²) in [5.41, 5.74) is -0.218. The maximum Gasteiger partial charge on any atom is 0.260 e. The zero-order valence-corrected chi connectivity index (χ0v) is 10.8. The van der Waals surface area contributed by atoms with Crippen LogP contribution in [0.2, 0.25) is 5.15 Å². The van der Waals surface area contributed by atoms with Crippen molar-refractivity contribution in [1.82, 2.24) is 10.3 Å². The van der Waals surface area contributed by atoms with E-state index in [-0.39, 0.29) is 26.7 Å². The van der Waals surface area contributed by atoms with Crippen LogP contribution in [0.1, 0.15) is 23.0 Å². The summed E-state index contributed by atoms with van der Waals surface area (Å²) < 4.78 is 13.7. The van der Waals surface area contributed by atoms with E-state index in [0.29, 0.717) is 0 Å². The molecule has 0 unspecified atom stereocenters. The van der Waals surface area contributed by atoms with Crippen molar-refractivity contribution in [3.63, 3.8) is 0 Å². The minimum atomic E-state index is -0.755. The smallest absolute Gasteiger partial charge is 0.260 e. The van der Waals surface area contributed by atoms with Crippen LogP contribution in [0.5, 0.6) is 0 Å². The first kappa shape index (κ1) is 13.1. The Bertz CT molecular complexity index is 452. The molecule has 0 spiro atoms. The van der Waals surface area contributed by atoms with E-state index in [9.17, 15) is 9.18 Å². The van der Waals surface area contributed by atoms with Gasteiger partial charge in [0.05, 0.1) is 21.6 Å². The van der Waals surface area contributed by atoms with Gasteiger partial charge >= 0.3 is 0 Å². The van der Waals surface area contributed by atoms with E-state index < -0.39 is 11.7 Å². The summed E-state index contributed by atoms with van der Waals surface area (Å²) in [6.45, 7) is 2.78. The quantitative estimate of drug-likeness (QED) is 0.476. The molecule has 0 atom stereocenters. The molecule has 0 aliphatic carbocycles. The molecule has 0 saturated carbocycles. The third-order valence-corrected chi connectivity index (χ3v) is 3.01. The first-order valence-corrected chi connectivity index (χ1v) is 5.39. The number of hydrogen-bond acceptors (Lipinski definition) is 3. The Kier molecular flexibility index (Phi) is 3.98. The normalized spacial score (nSPS) is 10.1. The van der Waals surface area contributed by atoms with Gasteiger partial charge in [0, 0.05) is 0 Å². The highest BCUT2D eigenvalue weighted by Gasteiger charge is 2.21. The number of amidine groups is 1. The Balaban J connectivity index is 3.32. The molecule has 4 nitrogen and oxygen atoms in total. The van der Waals surface area contributed by atoms with Crippen molar-refractivity contribution >= 4 is 39.3 Å². The third-order valence-electron chi connectivity index (χ3n) is 1.73. The summed E-state index contributed by atoms with van der Waals surface area (Å²) in [4.78, 5) is 15.3. The van der Waals surface area contributed by atoms with Crippen molar-refractivity contribution in [1.29, 1.82) is 5.41 Å². The maximum atomic E-state index is 13.7. The zero-order valence-electron chi connectivity index (χ0n) is 8.49. The number of nitrogens with one attached hydrogen (secondary N) is 2. The van der Waals surface area contributed by atoms with Gasteiger partial charge in [-0.25, -0.2) is 9.37 Å². The highest BCUT2D eigenvalue weighted by molar-refractivity contribution is 9.10. The number of carbonyl (C=O) groups is 1. The van der Waals surface area contributed by atoms with E-state index in [0.717, 1.165) is 0 Å². The van der Waals surface area contributed by atoms with Gasteiger partial charge in [-0.05, 0) is 29.8 Å². The molecule has 0 saturated heterocycles. The van der Waals surface area contributed by atoms with Crippen molar-refractivity contribution in [3.05, 3.63) is 26.7 Å². The van der Waals surface area contributed by atoms with Crippen molar-refractivity contribution in [3.8, 4) is 0 Å². The molecule has 1 amide bonds. The number of nitrogens with zero attached hydrogens (tertiary/aromatic N) is 1. The Morgan fingerprint density at radius 2 is 2.19 bits per heavy atom. The second-order valence-electron chi connectivity index (χ2n) is 3.07. The highest BCUT2D eigenvalue weighted by Crippen LogP contribution is 2.28. The van der Waals surface area contributed by atoms with Crippen LogP contribution in [0.4, 0.5) is 4.39 Å². The van der Waals surface area contributed by atoms with E-state index in [1.165, 1.54) is 13.8 Å². The Labute approximate surface area is 105 Å². The number of aryl methyl sites for hydroxylation is 1. The molecule has 7 heteroatoms. The Morgan fingerprint density at radius 3 is 2.69 bits per heavy atom. The molecule has 0 radical (unpaired) electrons. The Morgan fingerprint density at radius 1 is 1.62 bits per heavy atom. The summed E-state index contributed by atoms with van der Waals surface area (Å²) in [7, 11) is 0. The second-order valence-corrected chi connectivity index (χ2v) is 4.22. The number of pyridine rings is 1. The van der Waals surface area contributed by atoms with Crippen molar-refractivity contribution in [2.75, 3.05) is 0 Å². The van der Waals surface area contributed by atoms with Crippen LogP contribution in [-0.4, -0.2) is 16.7 Å². The molecule has 0 aliphatic heterocycles. The van der Waals surface area contributed by atoms with Gasteiger partial charge in [0.1, 0.15) is 5.15 Å². The van der Waals surface area contributed by atoms with Crippen molar-refractivity contribution in [2.24, 2.45) is 0 Å². The Hall–Kier alpha value is -1.01. The van der Waals surface area contributed by atoms with E-state index in [1.54, 1.807) is 0 Å². The van der Waals surface area contributed by atoms with Gasteiger partial charge in [-0.2, -0.15) is 0 Å². The summed E-state index contributed by atoms with van der Waals surface area (Å²) in [6, 6.07) is 0. The average molecular weight is 309 g/mol. The second kappa shape index (κ2) is 4.88. The molecule has 1 heterocycles. The lowest BCUT2D eigenvalue weighted by Gasteiger charge is -2.09. The number of rotatable bonds is 1. The molecule has 2 N–H and O–H groups in total. The fraction of sp³-hybridized carbons (Fsp3) is 0.222. The lowest BCUT2D eigenvalue weighted by atomic mass is 10.2. The average Bonchev–Trinajstić information content (AvgIpc) is 2.14. The van der Waals surface area contributed by atoms with Crippen LogP contribution in [0.3, 0.4) is 0 Å². The highest BCUT2D eigenvalue weighted by atomic mass is 79.9. The predicted octanol–water partition coefficient (Wildman–Crippen LogP) is 2.67. The number of amides is 1. The van der Waals surface area contributed by atoms with Crippen molar-refractivity contribution in [2.45, 2.75) is 13.8 Å². The number of carbonyl (C=O) groups excluding carboxylic acids is 1. The molecule has 16 heavy (non-hydrogen) atoms. The van der Waals surface area contributed by atoms with E-state index in [2.05, 4.69) is 26.2 Å². The van der Waals surface area contributed by atoms with Gasteiger partial charge in [-0.1, -0.05) is 11.6 Å². The SMILES string of the molecule is CC(=N)NC(=O)c1c(F)c(C)nc(Cl)c1Br. The molecule has 0 fully saturated rings. The van der Waals surface area contributed by atoms with Crippen LogP contribution in [-0.2, 0) is 0 Å². The first-order valence-electron chi connectivity index (χ1n) is 4.22. The maximum absolute atomic E-state index is 13.7. The third kappa shape index (κ3) is 2.56. The molecule has 1 rings (SSSR count). The van der Waals surface area contributed by atoms with E-state index in [1.807, 2.05) is 0 Å². The topological polar surface area (TPSA) is 65.8 Å². The van der Waals surface area contributed by atoms with Gasteiger partial charge in [0.15, 0.2) is 5.82 Å². The van der Waals surface area contributed by atoms with Gasteiger partial charge in [0.25, 0.3) is 5.91 Å². The molecular formula is C9H8BrClFN3O. The number of aromatic nitrogens is 1. The minimum Gasteiger partial charge on any atom is -0.311 e. The van der Waals surface area contributed by atoms with Gasteiger partial charge in [0.2, 0.25) is 0 Å². The fourth-order valence-electron chi connectivity index (χ4n) is 1.06. The monoisotopic (exact) mass is 307 g/mol. The number of halogens is 3. The molecule has 0 aromatic carbocycles. The first-order chi connectivity index (χ1) is 7.34. The number of hydrogen-bond donors (Lipinski definition) is 2. The summed E-state index contributed by atoms with van der Waals surface area (Å²) in [5.74, 6) is -1.57. The molecule has 0 bridgehead atoms. The largest absolute Gasteiger partial charge is 0.311 e. The summed E-state index contributed by atoms with van der Waals surface area (Å²) >= 11 is 8.70. The van der Waals surface area contributed by atoms with Crippen molar-refractivity contribution < 1.29 is 9.18 Å². The van der Waals surface area contributed by atoms with Crippen LogP contribution in [0.25, 0.3) is 0 Å². The van der Waals surface area contributed by atoms with Gasteiger partial charge in [-0.15, -0.1) is 0 Å². The summed E-state index contributed by atoms with van der Waals surface area (Å²) in [6.07, 6.45) is 0. The minimum absolute atomic E-state index is 0.00619. The van der Waals surface area contributed by atoms with Crippen LogP contribution in [0.15, 0.2) is 4.47 Å². The molecular weight excluding hydrogens is 300 g/mol. The van der Waals surface area contributed by atoms with Crippen LogP contribution in [0, 0.1) is 18.2 Å². The lowest BCUT2D eigenvalue weighted by molar-refractivity contribution is 0.0971. The van der Waals surface area contributed by atoms with Crippen LogP contribution < -0.4 is 5.32 Å². The van der Waals surface area contributed by atoms with E-state index >= 15 is 0 Å². The molecule has 86 valence electrons. The standard InChI is InChI=1S/C9H8BrClFN3O/c1-3-7(12)5(6(10)8(11)14-3)9(16)15-4(2)13/h1-2H3,(H2,13,15,16). The molecule has 1 aromatic heterocycles. The molecule has 1 aromatic rings. The van der Waals surface area contributed by atoms with Crippen LogP contribution >= 0.6 is 27.5 Å². The zero-order chi connectivity index (χ0) is 12.5. The van der Waals surface area contributed by atoms with Gasteiger partial charge < -0.3 is 5.32 Å². The van der Waals surface area contributed by atoms with Gasteiger partial charge in [-0.3, -0.25) is 10.2 Å². The lowest BCUT2D eigenvalue weighted by Crippen LogP contribution is -2.29. The van der Waals surface area contributed by atoms with E-state index in [4.69, 9.17) is 17.0 Å². The summed E-state index contributed by atoms with van der Waals surface area (Å²) in [5, 5.41) is 9.29. The predicted molar refractivity (Wildman–Crippen MR) is 62.5 cm³/mol.